The summed E-state index contributed by atoms with van der Waals surface area (Å²) in [7, 11) is 1.60. The van der Waals surface area contributed by atoms with Gasteiger partial charge in [-0.3, -0.25) is 9.59 Å². The zero-order valence-electron chi connectivity index (χ0n) is 12.8. The van der Waals surface area contributed by atoms with E-state index in [4.69, 9.17) is 4.74 Å². The number of amides is 2. The van der Waals surface area contributed by atoms with E-state index < -0.39 is 5.60 Å². The molecule has 0 radical (unpaired) electrons. The Morgan fingerprint density at radius 1 is 1.48 bits per heavy atom. The molecule has 6 nitrogen and oxygen atoms in total. The molecule has 2 aliphatic heterocycles. The first-order chi connectivity index (χ1) is 9.57. The van der Waals surface area contributed by atoms with Crippen LogP contribution in [0.3, 0.4) is 0 Å². The minimum absolute atomic E-state index is 0. The summed E-state index contributed by atoms with van der Waals surface area (Å²) in [5.74, 6) is 0.134. The molecule has 0 aromatic carbocycles. The molecule has 1 atom stereocenters. The van der Waals surface area contributed by atoms with Crippen molar-refractivity contribution in [3.63, 3.8) is 0 Å². The van der Waals surface area contributed by atoms with Crippen LogP contribution in [0.25, 0.3) is 0 Å². The van der Waals surface area contributed by atoms with Crippen LogP contribution in [-0.4, -0.2) is 61.6 Å². The monoisotopic (exact) mass is 319 g/mol. The largest absolute Gasteiger partial charge is 0.368 e. The number of hydrogen-bond acceptors (Lipinski definition) is 4. The van der Waals surface area contributed by atoms with Gasteiger partial charge in [-0.2, -0.15) is 0 Å². The van der Waals surface area contributed by atoms with Crippen molar-refractivity contribution in [3.8, 4) is 0 Å². The molecule has 21 heavy (non-hydrogen) atoms. The Bertz CT molecular complexity index is 372. The van der Waals surface area contributed by atoms with Crippen LogP contribution >= 0.6 is 12.4 Å². The van der Waals surface area contributed by atoms with Crippen molar-refractivity contribution < 1.29 is 14.3 Å². The van der Waals surface area contributed by atoms with Gasteiger partial charge in [0.2, 0.25) is 5.91 Å². The molecule has 7 heteroatoms. The summed E-state index contributed by atoms with van der Waals surface area (Å²) in [6.45, 7) is 4.91. The minimum atomic E-state index is -0.714. The van der Waals surface area contributed by atoms with Crippen LogP contribution in [0, 0.1) is 0 Å². The van der Waals surface area contributed by atoms with E-state index >= 15 is 0 Å². The van der Waals surface area contributed by atoms with Crippen LogP contribution in [0.4, 0.5) is 0 Å². The zero-order chi connectivity index (χ0) is 14.6. The van der Waals surface area contributed by atoms with Crippen molar-refractivity contribution in [2.45, 2.75) is 44.2 Å². The molecule has 0 aromatic heterocycles. The van der Waals surface area contributed by atoms with E-state index in [-0.39, 0.29) is 30.3 Å². The molecule has 2 amide bonds. The second-order valence-electron chi connectivity index (χ2n) is 5.77. The maximum atomic E-state index is 12.4. The van der Waals surface area contributed by atoms with E-state index in [9.17, 15) is 9.59 Å². The molecule has 2 heterocycles. The molecule has 2 rings (SSSR count). The molecular weight excluding hydrogens is 294 g/mol. The molecule has 1 unspecified atom stereocenters. The Hall–Kier alpha value is -0.850. The fraction of sp³-hybridized carbons (Fsp3) is 0.857. The lowest BCUT2D eigenvalue weighted by atomic mass is 9.91. The van der Waals surface area contributed by atoms with Crippen LogP contribution < -0.4 is 10.6 Å². The van der Waals surface area contributed by atoms with Gasteiger partial charge in [-0.05, 0) is 39.3 Å². The lowest BCUT2D eigenvalue weighted by molar-refractivity contribution is -0.147. The van der Waals surface area contributed by atoms with Crippen LogP contribution in [0.15, 0.2) is 0 Å². The van der Waals surface area contributed by atoms with Gasteiger partial charge in [0.25, 0.3) is 5.91 Å². The van der Waals surface area contributed by atoms with Gasteiger partial charge in [0.15, 0.2) is 0 Å². The predicted octanol–water partition coefficient (Wildman–Crippen LogP) is 0.304. The van der Waals surface area contributed by atoms with E-state index in [1.54, 1.807) is 7.11 Å². The second kappa shape index (κ2) is 7.96. The van der Waals surface area contributed by atoms with Gasteiger partial charge in [0.1, 0.15) is 5.60 Å². The summed E-state index contributed by atoms with van der Waals surface area (Å²) in [6.07, 6.45) is 2.93. The molecule has 0 bridgehead atoms. The molecule has 2 saturated heterocycles. The van der Waals surface area contributed by atoms with Crippen molar-refractivity contribution >= 4 is 24.2 Å². The number of nitrogens with zero attached hydrogens (tertiary/aromatic N) is 1. The van der Waals surface area contributed by atoms with E-state index in [0.29, 0.717) is 25.8 Å². The highest BCUT2D eigenvalue weighted by Crippen LogP contribution is 2.22. The summed E-state index contributed by atoms with van der Waals surface area (Å²) in [4.78, 5) is 25.9. The van der Waals surface area contributed by atoms with Crippen LogP contribution in [0.1, 0.15) is 32.6 Å². The summed E-state index contributed by atoms with van der Waals surface area (Å²) in [5.41, 5.74) is -0.714. The third kappa shape index (κ3) is 4.31. The van der Waals surface area contributed by atoms with Gasteiger partial charge in [-0.15, -0.1) is 12.4 Å². The highest BCUT2D eigenvalue weighted by Gasteiger charge is 2.40. The number of nitrogens with one attached hydrogen (secondary N) is 2. The molecule has 0 aliphatic carbocycles. The Labute approximate surface area is 132 Å². The number of hydrogen-bond donors (Lipinski definition) is 2. The normalized spacial score (nSPS) is 22.6. The third-order valence-corrected chi connectivity index (χ3v) is 4.26. The number of likely N-dealkylation sites (tertiary alicyclic amines) is 1. The predicted molar refractivity (Wildman–Crippen MR) is 82.5 cm³/mol. The average Bonchev–Trinajstić information content (AvgIpc) is 2.84. The van der Waals surface area contributed by atoms with Crippen molar-refractivity contribution in [1.82, 2.24) is 15.5 Å². The highest BCUT2D eigenvalue weighted by molar-refractivity contribution is 5.86. The third-order valence-electron chi connectivity index (χ3n) is 4.26. The van der Waals surface area contributed by atoms with E-state index in [1.807, 2.05) is 11.8 Å². The summed E-state index contributed by atoms with van der Waals surface area (Å²) < 4.78 is 5.50. The van der Waals surface area contributed by atoms with Crippen molar-refractivity contribution in [1.29, 1.82) is 0 Å². The quantitative estimate of drug-likeness (QED) is 0.765. The number of carbonyl (C=O) groups excluding carboxylic acids is 2. The molecule has 0 aromatic rings. The first-order valence-electron chi connectivity index (χ1n) is 7.42. The van der Waals surface area contributed by atoms with Gasteiger partial charge >= 0.3 is 0 Å². The molecule has 2 fully saturated rings. The highest BCUT2D eigenvalue weighted by atomic mass is 35.5. The van der Waals surface area contributed by atoms with Crippen LogP contribution in [0.2, 0.25) is 0 Å². The Kier molecular flexibility index (Phi) is 6.90. The first kappa shape index (κ1) is 18.2. The van der Waals surface area contributed by atoms with Crippen LogP contribution in [0.5, 0.6) is 0 Å². The fourth-order valence-corrected chi connectivity index (χ4v) is 2.98. The molecule has 2 N–H and O–H groups in total. The lowest BCUT2D eigenvalue weighted by Gasteiger charge is -2.36. The van der Waals surface area contributed by atoms with E-state index in [2.05, 4.69) is 10.6 Å². The van der Waals surface area contributed by atoms with Gasteiger partial charge in [-0.1, -0.05) is 0 Å². The first-order valence-corrected chi connectivity index (χ1v) is 7.42. The zero-order valence-corrected chi connectivity index (χ0v) is 13.6. The standard InChI is InChI=1S/C14H25N3O3.ClH/c1-11(10-17-9-3-4-12(17)18)16-13(19)14(20-2)5-7-15-8-6-14;/h11,15H,3-10H2,1-2H3,(H,16,19);1H. The van der Waals surface area contributed by atoms with Crippen LogP contribution in [-0.2, 0) is 14.3 Å². The summed E-state index contributed by atoms with van der Waals surface area (Å²) in [6, 6.07) is -0.0496. The average molecular weight is 320 g/mol. The number of ether oxygens (including phenoxy) is 1. The fourth-order valence-electron chi connectivity index (χ4n) is 2.98. The second-order valence-corrected chi connectivity index (χ2v) is 5.77. The Morgan fingerprint density at radius 2 is 2.14 bits per heavy atom. The minimum Gasteiger partial charge on any atom is -0.368 e. The number of methoxy groups -OCH3 is 1. The van der Waals surface area contributed by atoms with E-state index in [1.165, 1.54) is 0 Å². The summed E-state index contributed by atoms with van der Waals surface area (Å²) >= 11 is 0. The maximum absolute atomic E-state index is 12.4. The van der Waals surface area contributed by atoms with Crippen molar-refractivity contribution in [2.24, 2.45) is 0 Å². The molecular formula is C14H26ClN3O3. The number of carbonyl (C=O) groups is 2. The summed E-state index contributed by atoms with van der Waals surface area (Å²) in [5, 5.41) is 6.24. The number of halogens is 1. The number of piperidine rings is 1. The topological polar surface area (TPSA) is 70.7 Å². The molecule has 0 saturated carbocycles. The molecule has 2 aliphatic rings. The maximum Gasteiger partial charge on any atom is 0.252 e. The van der Waals surface area contributed by atoms with Gasteiger partial charge in [0.05, 0.1) is 0 Å². The van der Waals surface area contributed by atoms with Gasteiger partial charge in [0, 0.05) is 32.7 Å². The van der Waals surface area contributed by atoms with Crippen molar-refractivity contribution in [3.05, 3.63) is 0 Å². The van der Waals surface area contributed by atoms with Gasteiger partial charge in [-0.25, -0.2) is 0 Å². The Morgan fingerprint density at radius 3 is 2.67 bits per heavy atom. The van der Waals surface area contributed by atoms with Crippen molar-refractivity contribution in [2.75, 3.05) is 33.3 Å². The molecule has 0 spiro atoms. The smallest absolute Gasteiger partial charge is 0.252 e. The molecule has 122 valence electrons. The van der Waals surface area contributed by atoms with E-state index in [0.717, 1.165) is 26.1 Å². The van der Waals surface area contributed by atoms with Gasteiger partial charge < -0.3 is 20.3 Å². The SMILES string of the molecule is COC1(C(=O)NC(C)CN2CCCC2=O)CCNCC1.Cl. The lowest BCUT2D eigenvalue weighted by Crippen LogP contribution is -2.57. The Balaban J connectivity index is 0.00000220. The number of rotatable bonds is 5.